The third-order valence-electron chi connectivity index (χ3n) is 18.2. The summed E-state index contributed by atoms with van der Waals surface area (Å²) in [5.74, 6) is 0.949. The standard InChI is InChI=1S/C77H150O17P2/c1-9-70(8)56-48-40-35-36-42-50-58-75(80)88-64-73(94-77(82)60-52-44-34-28-20-16-15-18-24-30-38-46-54-68(4)5)66-92-96(85,86)90-62-71(78)61-89-95(83,84)91-65-72(63-87-74(79)57-49-41-32-26-22-21-25-31-39-47-55-69(6)7)93-76(81)59-51-43-33-27-19-14-12-10-11-13-17-23-29-37-45-53-67(2)3/h67-73,78H,9-66H2,1-8H3,(H,83,84)(H,85,86)/t70?,71-,72-,73-/m1/s1. The molecule has 17 nitrogen and oxygen atoms in total. The van der Waals surface area contributed by atoms with Gasteiger partial charge in [-0.15, -0.1) is 0 Å². The van der Waals surface area contributed by atoms with Crippen molar-refractivity contribution in [3.05, 3.63) is 0 Å². The number of rotatable bonds is 74. The first-order chi connectivity index (χ1) is 46.1. The van der Waals surface area contributed by atoms with E-state index in [0.717, 1.165) is 120 Å². The van der Waals surface area contributed by atoms with Crippen molar-refractivity contribution in [3.8, 4) is 0 Å². The Morgan fingerprint density at radius 1 is 0.292 bits per heavy atom. The molecule has 0 bridgehead atoms. The minimum absolute atomic E-state index is 0.106. The van der Waals surface area contributed by atoms with Gasteiger partial charge in [0.05, 0.1) is 26.4 Å². The van der Waals surface area contributed by atoms with Gasteiger partial charge >= 0.3 is 39.5 Å². The van der Waals surface area contributed by atoms with Crippen molar-refractivity contribution in [1.82, 2.24) is 0 Å². The summed E-state index contributed by atoms with van der Waals surface area (Å²) in [4.78, 5) is 72.9. The third-order valence-corrected chi connectivity index (χ3v) is 20.1. The van der Waals surface area contributed by atoms with Crippen molar-refractivity contribution in [2.24, 2.45) is 23.7 Å². The van der Waals surface area contributed by atoms with Crippen LogP contribution in [0.3, 0.4) is 0 Å². The molecule has 0 heterocycles. The smallest absolute Gasteiger partial charge is 0.462 e. The Balaban J connectivity index is 5.25. The van der Waals surface area contributed by atoms with Crippen LogP contribution in [0.1, 0.15) is 389 Å². The summed E-state index contributed by atoms with van der Waals surface area (Å²) in [6.07, 6.45) is 51.3. The highest BCUT2D eigenvalue weighted by Gasteiger charge is 2.30. The lowest BCUT2D eigenvalue weighted by Gasteiger charge is -2.21. The van der Waals surface area contributed by atoms with Crippen molar-refractivity contribution in [3.63, 3.8) is 0 Å². The van der Waals surface area contributed by atoms with Crippen molar-refractivity contribution in [2.45, 2.75) is 408 Å². The van der Waals surface area contributed by atoms with Gasteiger partial charge in [-0.3, -0.25) is 37.3 Å². The highest BCUT2D eigenvalue weighted by atomic mass is 31.2. The van der Waals surface area contributed by atoms with Crippen LogP contribution < -0.4 is 0 Å². The van der Waals surface area contributed by atoms with E-state index in [1.807, 2.05) is 0 Å². The van der Waals surface area contributed by atoms with E-state index in [1.54, 1.807) is 0 Å². The molecule has 0 fully saturated rings. The summed E-state index contributed by atoms with van der Waals surface area (Å²) in [5, 5.41) is 10.6. The Morgan fingerprint density at radius 3 is 0.740 bits per heavy atom. The van der Waals surface area contributed by atoms with Crippen molar-refractivity contribution >= 4 is 39.5 Å². The predicted molar refractivity (Wildman–Crippen MR) is 391 cm³/mol. The minimum Gasteiger partial charge on any atom is -0.462 e. The Bertz CT molecular complexity index is 1890. The monoisotopic (exact) mass is 1410 g/mol. The fourth-order valence-corrected chi connectivity index (χ4v) is 13.3. The molecule has 0 radical (unpaired) electrons. The quantitative estimate of drug-likeness (QED) is 0.0222. The molecule has 0 aromatic carbocycles. The van der Waals surface area contributed by atoms with E-state index < -0.39 is 97.5 Å². The zero-order chi connectivity index (χ0) is 71.0. The zero-order valence-corrected chi connectivity index (χ0v) is 64.8. The van der Waals surface area contributed by atoms with Crippen LogP contribution in [0.5, 0.6) is 0 Å². The second kappa shape index (κ2) is 66.3. The van der Waals surface area contributed by atoms with Gasteiger partial charge in [-0.2, -0.15) is 0 Å². The molecule has 0 spiro atoms. The predicted octanol–water partition coefficient (Wildman–Crippen LogP) is 22.4. The van der Waals surface area contributed by atoms with Gasteiger partial charge < -0.3 is 33.8 Å². The molecule has 19 heteroatoms. The van der Waals surface area contributed by atoms with Crippen LogP contribution >= 0.6 is 15.6 Å². The van der Waals surface area contributed by atoms with E-state index in [-0.39, 0.29) is 25.7 Å². The van der Waals surface area contributed by atoms with E-state index in [4.69, 9.17) is 37.0 Å². The molecule has 570 valence electrons. The molecule has 3 unspecified atom stereocenters. The van der Waals surface area contributed by atoms with E-state index in [0.29, 0.717) is 25.7 Å². The van der Waals surface area contributed by atoms with Gasteiger partial charge in [0.25, 0.3) is 0 Å². The molecule has 0 aliphatic rings. The molecule has 3 N–H and O–H groups in total. The SMILES string of the molecule is CCC(C)CCCCCCCCC(=O)OC[C@H](COP(=O)(O)OC[C@H](O)COP(=O)(O)OC[C@@H](COC(=O)CCCCCCCCCCCCC(C)C)OC(=O)CCCCCCCCCCCCCCCCCC(C)C)OC(=O)CCCCCCCCCCCCCCC(C)C. The number of aliphatic hydroxyl groups is 1. The van der Waals surface area contributed by atoms with E-state index >= 15 is 0 Å². The maximum atomic E-state index is 13.1. The van der Waals surface area contributed by atoms with Crippen LogP contribution in [0.4, 0.5) is 0 Å². The molecular formula is C77H150O17P2. The van der Waals surface area contributed by atoms with Crippen LogP contribution in [0.15, 0.2) is 0 Å². The van der Waals surface area contributed by atoms with Crippen LogP contribution in [-0.2, 0) is 65.4 Å². The number of hydrogen-bond acceptors (Lipinski definition) is 15. The molecule has 6 atom stereocenters. The molecule has 96 heavy (non-hydrogen) atoms. The summed E-state index contributed by atoms with van der Waals surface area (Å²) in [6.45, 7) is 14.2. The minimum atomic E-state index is -4.96. The summed E-state index contributed by atoms with van der Waals surface area (Å²) >= 11 is 0. The summed E-state index contributed by atoms with van der Waals surface area (Å²) in [7, 11) is -9.92. The fraction of sp³-hybridized carbons (Fsp3) is 0.948. The molecule has 0 aromatic rings. The number of ether oxygens (including phenoxy) is 4. The largest absolute Gasteiger partial charge is 0.472 e. The fourth-order valence-electron chi connectivity index (χ4n) is 11.7. The average molecular weight is 1410 g/mol. The second-order valence-corrected chi connectivity index (χ2v) is 32.3. The van der Waals surface area contributed by atoms with E-state index in [2.05, 4.69) is 55.4 Å². The number of aliphatic hydroxyl groups excluding tert-OH is 1. The molecule has 0 rings (SSSR count). The molecular weight excluding hydrogens is 1260 g/mol. The van der Waals surface area contributed by atoms with Crippen LogP contribution in [0, 0.1) is 23.7 Å². The number of phosphoric ester groups is 2. The number of carbonyl (C=O) groups excluding carboxylic acids is 4. The van der Waals surface area contributed by atoms with Gasteiger partial charge in [-0.05, 0) is 49.4 Å². The topological polar surface area (TPSA) is 237 Å². The van der Waals surface area contributed by atoms with Gasteiger partial charge in [-0.25, -0.2) is 9.13 Å². The number of phosphoric acid groups is 2. The summed E-state index contributed by atoms with van der Waals surface area (Å²) in [6, 6.07) is 0. The van der Waals surface area contributed by atoms with Crippen molar-refractivity contribution in [1.29, 1.82) is 0 Å². The summed E-state index contributed by atoms with van der Waals surface area (Å²) in [5.41, 5.74) is 0. The van der Waals surface area contributed by atoms with Gasteiger partial charge in [-0.1, -0.05) is 338 Å². The molecule has 0 saturated heterocycles. The van der Waals surface area contributed by atoms with Crippen LogP contribution in [0.2, 0.25) is 0 Å². The molecule has 0 aromatic heterocycles. The molecule has 0 amide bonds. The average Bonchev–Trinajstić information content (AvgIpc) is 2.16. The lowest BCUT2D eigenvalue weighted by molar-refractivity contribution is -0.161. The third kappa shape index (κ3) is 69.2. The first-order valence-corrected chi connectivity index (χ1v) is 42.7. The van der Waals surface area contributed by atoms with Crippen molar-refractivity contribution < 1.29 is 80.2 Å². The normalized spacial score (nSPS) is 14.4. The maximum Gasteiger partial charge on any atom is 0.472 e. The van der Waals surface area contributed by atoms with Gasteiger partial charge in [0.15, 0.2) is 12.2 Å². The Morgan fingerprint density at radius 2 is 0.500 bits per heavy atom. The van der Waals surface area contributed by atoms with Gasteiger partial charge in [0.2, 0.25) is 0 Å². The molecule has 0 saturated carbocycles. The number of hydrogen-bond donors (Lipinski definition) is 3. The number of carbonyl (C=O) groups is 4. The lowest BCUT2D eigenvalue weighted by atomic mass is 10.00. The van der Waals surface area contributed by atoms with Gasteiger partial charge in [0, 0.05) is 25.7 Å². The highest BCUT2D eigenvalue weighted by molar-refractivity contribution is 7.47. The summed E-state index contributed by atoms with van der Waals surface area (Å²) < 4.78 is 68.6. The Hall–Kier alpha value is -1.94. The van der Waals surface area contributed by atoms with Crippen LogP contribution in [0.25, 0.3) is 0 Å². The number of esters is 4. The van der Waals surface area contributed by atoms with E-state index in [1.165, 1.54) is 186 Å². The lowest BCUT2D eigenvalue weighted by Crippen LogP contribution is -2.30. The highest BCUT2D eigenvalue weighted by Crippen LogP contribution is 2.45. The zero-order valence-electron chi connectivity index (χ0n) is 63.0. The maximum absolute atomic E-state index is 13.1. The molecule has 0 aliphatic carbocycles. The van der Waals surface area contributed by atoms with Crippen LogP contribution in [-0.4, -0.2) is 96.7 Å². The van der Waals surface area contributed by atoms with Crippen molar-refractivity contribution in [2.75, 3.05) is 39.6 Å². The first-order valence-electron chi connectivity index (χ1n) is 39.7. The second-order valence-electron chi connectivity index (χ2n) is 29.4. The Kier molecular flexibility index (Phi) is 65.0. The van der Waals surface area contributed by atoms with Gasteiger partial charge in [0.1, 0.15) is 19.3 Å². The number of unbranched alkanes of at least 4 members (excludes halogenated alkanes) is 39. The van der Waals surface area contributed by atoms with E-state index in [9.17, 15) is 43.2 Å². The molecule has 0 aliphatic heterocycles. The first kappa shape index (κ1) is 94.1. The Labute approximate surface area is 588 Å².